The second kappa shape index (κ2) is 4.28. The number of rotatable bonds is 3. The maximum atomic E-state index is 10.4. The Morgan fingerprint density at radius 1 is 1.40 bits per heavy atom. The Morgan fingerprint density at radius 2 is 2.27 bits per heavy atom. The zero-order valence-electron chi connectivity index (χ0n) is 8.01. The lowest BCUT2D eigenvalue weighted by molar-refractivity contribution is -0.135. The largest absolute Gasteiger partial charge is 0.481 e. The molecule has 15 heavy (non-hydrogen) atoms. The molecule has 0 saturated carbocycles. The van der Waals surface area contributed by atoms with E-state index in [2.05, 4.69) is 12.1 Å². The van der Waals surface area contributed by atoms with Crippen molar-refractivity contribution in [2.24, 2.45) is 0 Å². The first-order chi connectivity index (χ1) is 7.27. The normalized spacial score (nSPS) is 11.2. The molecule has 2 rings (SSSR count). The minimum atomic E-state index is -0.802. The lowest BCUT2D eigenvalue weighted by Gasteiger charge is -1.95. The molecule has 0 aliphatic rings. The summed E-state index contributed by atoms with van der Waals surface area (Å²) >= 11 is 1.69. The van der Waals surface area contributed by atoms with E-state index < -0.39 is 5.97 Å². The van der Waals surface area contributed by atoms with Gasteiger partial charge in [-0.1, -0.05) is 24.3 Å². The first-order valence-corrected chi connectivity index (χ1v) is 5.50. The molecule has 76 valence electrons. The molecular formula is C12H10O2S. The average molecular weight is 218 g/mol. The molecular weight excluding hydrogens is 208 g/mol. The zero-order chi connectivity index (χ0) is 10.7. The van der Waals surface area contributed by atoms with Gasteiger partial charge in [-0.2, -0.15) is 0 Å². The first-order valence-electron chi connectivity index (χ1n) is 4.62. The van der Waals surface area contributed by atoms with E-state index in [0.29, 0.717) is 0 Å². The number of carboxylic acid groups (broad SMARTS) is 1. The molecule has 2 nitrogen and oxygen atoms in total. The number of carboxylic acids is 1. The van der Waals surface area contributed by atoms with Crippen LogP contribution in [0.1, 0.15) is 12.0 Å². The Bertz CT molecular complexity index is 511. The molecule has 0 amide bonds. The highest BCUT2D eigenvalue weighted by molar-refractivity contribution is 7.17. The molecule has 0 bridgehead atoms. The second-order valence-electron chi connectivity index (χ2n) is 3.18. The molecule has 0 fully saturated rings. The van der Waals surface area contributed by atoms with Gasteiger partial charge in [-0.05, 0) is 28.5 Å². The molecule has 0 radical (unpaired) electrons. The van der Waals surface area contributed by atoms with E-state index in [-0.39, 0.29) is 6.42 Å². The molecule has 0 unspecified atom stereocenters. The van der Waals surface area contributed by atoms with Crippen molar-refractivity contribution in [2.75, 3.05) is 0 Å². The molecule has 0 atom stereocenters. The summed E-state index contributed by atoms with van der Waals surface area (Å²) in [7, 11) is 0. The predicted molar refractivity (Wildman–Crippen MR) is 63.1 cm³/mol. The number of carbonyl (C=O) groups is 1. The van der Waals surface area contributed by atoms with E-state index in [1.807, 2.05) is 23.6 Å². The Morgan fingerprint density at radius 3 is 3.07 bits per heavy atom. The van der Waals surface area contributed by atoms with E-state index in [1.165, 1.54) is 10.1 Å². The van der Waals surface area contributed by atoms with Gasteiger partial charge < -0.3 is 5.11 Å². The Hall–Kier alpha value is -1.61. The third-order valence-electron chi connectivity index (χ3n) is 2.12. The number of aliphatic carboxylic acids is 1. The third-order valence-corrected chi connectivity index (χ3v) is 3.00. The van der Waals surface area contributed by atoms with Crippen LogP contribution in [0.2, 0.25) is 0 Å². The molecule has 1 aromatic carbocycles. The van der Waals surface area contributed by atoms with Crippen LogP contribution in [0, 0.1) is 0 Å². The van der Waals surface area contributed by atoms with Gasteiger partial charge in [-0.25, -0.2) is 0 Å². The summed E-state index contributed by atoms with van der Waals surface area (Å²) in [5.74, 6) is -0.802. The van der Waals surface area contributed by atoms with Crippen LogP contribution in [-0.2, 0) is 4.79 Å². The van der Waals surface area contributed by atoms with Crippen LogP contribution in [0.25, 0.3) is 16.2 Å². The highest BCUT2D eigenvalue weighted by Crippen LogP contribution is 2.24. The summed E-state index contributed by atoms with van der Waals surface area (Å²) in [5, 5.41) is 11.7. The molecule has 0 aliphatic carbocycles. The Balaban J connectivity index is 2.31. The van der Waals surface area contributed by atoms with Gasteiger partial charge >= 0.3 is 5.97 Å². The molecule has 1 aromatic heterocycles. The molecule has 0 aliphatic heterocycles. The number of thiophene rings is 1. The molecule has 1 N–H and O–H groups in total. The lowest BCUT2D eigenvalue weighted by atomic mass is 10.1. The van der Waals surface area contributed by atoms with Gasteiger partial charge in [0.2, 0.25) is 0 Å². The fourth-order valence-electron chi connectivity index (χ4n) is 1.45. The Kier molecular flexibility index (Phi) is 2.83. The molecule has 2 aromatic rings. The predicted octanol–water partition coefficient (Wildman–Crippen LogP) is 3.39. The maximum Gasteiger partial charge on any atom is 0.307 e. The van der Waals surface area contributed by atoms with E-state index in [9.17, 15) is 4.79 Å². The first kappa shape index (κ1) is 9.93. The highest BCUT2D eigenvalue weighted by Gasteiger charge is 1.98. The maximum absolute atomic E-state index is 10.4. The van der Waals surface area contributed by atoms with Crippen LogP contribution in [0.5, 0.6) is 0 Å². The van der Waals surface area contributed by atoms with Crippen molar-refractivity contribution in [3.63, 3.8) is 0 Å². The fraction of sp³-hybridized carbons (Fsp3) is 0.0833. The highest BCUT2D eigenvalue weighted by atomic mass is 32.1. The van der Waals surface area contributed by atoms with Crippen LogP contribution >= 0.6 is 11.3 Å². The standard InChI is InChI=1S/C12H10O2S/c13-12(14)6-2-4-9-3-1-5-11-10(9)7-8-15-11/h1-5,7-8H,6H2,(H,13,14). The number of hydrogen-bond donors (Lipinski definition) is 1. The minimum absolute atomic E-state index is 0.0700. The van der Waals surface area contributed by atoms with Crippen LogP contribution in [0.3, 0.4) is 0 Å². The summed E-state index contributed by atoms with van der Waals surface area (Å²) in [6.07, 6.45) is 3.61. The van der Waals surface area contributed by atoms with Gasteiger partial charge in [0.25, 0.3) is 0 Å². The quantitative estimate of drug-likeness (QED) is 0.857. The fourth-order valence-corrected chi connectivity index (χ4v) is 2.27. The van der Waals surface area contributed by atoms with Gasteiger partial charge in [-0.3, -0.25) is 4.79 Å². The van der Waals surface area contributed by atoms with Crippen molar-refractivity contribution >= 4 is 33.5 Å². The van der Waals surface area contributed by atoms with Gasteiger partial charge in [0, 0.05) is 4.70 Å². The van der Waals surface area contributed by atoms with E-state index >= 15 is 0 Å². The summed E-state index contributed by atoms with van der Waals surface area (Å²) < 4.78 is 1.23. The van der Waals surface area contributed by atoms with Gasteiger partial charge in [0.05, 0.1) is 6.42 Å². The van der Waals surface area contributed by atoms with Crippen molar-refractivity contribution in [1.29, 1.82) is 0 Å². The van der Waals surface area contributed by atoms with E-state index in [4.69, 9.17) is 5.11 Å². The van der Waals surface area contributed by atoms with Crippen LogP contribution < -0.4 is 0 Å². The van der Waals surface area contributed by atoms with Crippen molar-refractivity contribution in [3.8, 4) is 0 Å². The third kappa shape index (κ3) is 2.25. The van der Waals surface area contributed by atoms with E-state index in [1.54, 1.807) is 17.4 Å². The van der Waals surface area contributed by atoms with E-state index in [0.717, 1.165) is 5.56 Å². The monoisotopic (exact) mass is 218 g/mol. The SMILES string of the molecule is O=C(O)CC=Cc1cccc2sccc12. The number of hydrogen-bond acceptors (Lipinski definition) is 2. The summed E-state index contributed by atoms with van der Waals surface area (Å²) in [4.78, 5) is 10.4. The Labute approximate surface area is 91.5 Å². The van der Waals surface area contributed by atoms with Crippen LogP contribution in [0.15, 0.2) is 35.7 Å². The zero-order valence-corrected chi connectivity index (χ0v) is 8.83. The van der Waals surface area contributed by atoms with Crippen molar-refractivity contribution in [1.82, 2.24) is 0 Å². The molecule has 0 saturated heterocycles. The van der Waals surface area contributed by atoms with Crippen LogP contribution in [-0.4, -0.2) is 11.1 Å². The summed E-state index contributed by atoms with van der Waals surface area (Å²) in [5.41, 5.74) is 1.08. The summed E-state index contributed by atoms with van der Waals surface area (Å²) in [6, 6.07) is 8.10. The van der Waals surface area contributed by atoms with Crippen molar-refractivity contribution in [3.05, 3.63) is 41.3 Å². The second-order valence-corrected chi connectivity index (χ2v) is 4.13. The summed E-state index contributed by atoms with van der Waals surface area (Å²) in [6.45, 7) is 0. The van der Waals surface area contributed by atoms with Crippen molar-refractivity contribution < 1.29 is 9.90 Å². The molecule has 0 spiro atoms. The smallest absolute Gasteiger partial charge is 0.307 e. The molecule has 3 heteroatoms. The van der Waals surface area contributed by atoms with Gasteiger partial charge in [0.1, 0.15) is 0 Å². The van der Waals surface area contributed by atoms with Gasteiger partial charge in [0.15, 0.2) is 0 Å². The number of benzene rings is 1. The van der Waals surface area contributed by atoms with Gasteiger partial charge in [-0.15, -0.1) is 11.3 Å². The topological polar surface area (TPSA) is 37.3 Å². The lowest BCUT2D eigenvalue weighted by Crippen LogP contribution is -1.89. The van der Waals surface area contributed by atoms with Crippen LogP contribution in [0.4, 0.5) is 0 Å². The molecule has 1 heterocycles. The average Bonchev–Trinajstić information content (AvgIpc) is 2.65. The number of fused-ring (bicyclic) bond motifs is 1. The minimum Gasteiger partial charge on any atom is -0.481 e. The van der Waals surface area contributed by atoms with Crippen molar-refractivity contribution in [2.45, 2.75) is 6.42 Å².